The van der Waals surface area contributed by atoms with Gasteiger partial charge in [0.05, 0.1) is 19.2 Å². The summed E-state index contributed by atoms with van der Waals surface area (Å²) in [6, 6.07) is 14.4. The van der Waals surface area contributed by atoms with Crippen LogP contribution in [0.1, 0.15) is 103 Å². The highest BCUT2D eigenvalue weighted by atomic mass is 19.1. The second-order valence-corrected chi connectivity index (χ2v) is 12.1. The molecule has 1 aliphatic carbocycles. The standard InChI is InChI=1S/C32H39FN2O4.C3H6.C2H6/c1-19(2)35(20(3)4)18-25-15-24(9-11-26(25)27-16-31(38-6)34-17-28(27)33)29-12-10-23-8-7-22(14-30(23)39-29)13-21(5)32(36)37;1-2-3-1;1-2/h7-9,11,14-17,19-21,29H,10,12-13,18H2,1-6H3,(H,36,37);1-3H2;1-2H3/t21?,29-;;/m0../s1. The molecule has 1 saturated carbocycles. The Morgan fingerprint density at radius 1 is 1.02 bits per heavy atom. The Hall–Kier alpha value is -3.45. The fourth-order valence-corrected chi connectivity index (χ4v) is 5.32. The number of carboxylic acid groups (broad SMARTS) is 1. The molecule has 240 valence electrons. The van der Waals surface area contributed by atoms with Gasteiger partial charge in [-0.15, -0.1) is 0 Å². The van der Waals surface area contributed by atoms with Crippen LogP contribution in [0.4, 0.5) is 4.39 Å². The Bertz CT molecular complexity index is 1360. The summed E-state index contributed by atoms with van der Waals surface area (Å²) >= 11 is 0. The molecule has 1 fully saturated rings. The van der Waals surface area contributed by atoms with Crippen LogP contribution in [0, 0.1) is 11.7 Å². The van der Waals surface area contributed by atoms with Gasteiger partial charge in [-0.1, -0.05) is 70.4 Å². The Balaban J connectivity index is 0.000000977. The van der Waals surface area contributed by atoms with Crippen LogP contribution in [0.3, 0.4) is 0 Å². The number of aliphatic carboxylic acids is 1. The normalized spacial score (nSPS) is 15.8. The highest BCUT2D eigenvalue weighted by molar-refractivity contribution is 5.70. The molecule has 7 heteroatoms. The van der Waals surface area contributed by atoms with E-state index < -0.39 is 17.7 Å². The number of carboxylic acids is 1. The van der Waals surface area contributed by atoms with Crippen LogP contribution in [-0.2, 0) is 24.2 Å². The third-order valence-corrected chi connectivity index (χ3v) is 7.90. The van der Waals surface area contributed by atoms with Crippen molar-refractivity contribution < 1.29 is 23.8 Å². The van der Waals surface area contributed by atoms with Crippen molar-refractivity contribution in [2.45, 2.75) is 112 Å². The van der Waals surface area contributed by atoms with Gasteiger partial charge < -0.3 is 14.6 Å². The number of aryl methyl sites for hydroxylation is 1. The van der Waals surface area contributed by atoms with Gasteiger partial charge in [-0.3, -0.25) is 9.69 Å². The molecule has 2 aliphatic rings. The van der Waals surface area contributed by atoms with E-state index in [1.54, 1.807) is 13.0 Å². The number of ether oxygens (including phenoxy) is 2. The van der Waals surface area contributed by atoms with Gasteiger partial charge in [-0.05, 0) is 80.8 Å². The zero-order valence-electron chi connectivity index (χ0n) is 27.8. The molecule has 6 nitrogen and oxygen atoms in total. The lowest BCUT2D eigenvalue weighted by molar-refractivity contribution is -0.141. The fourth-order valence-electron chi connectivity index (χ4n) is 5.32. The molecule has 0 saturated heterocycles. The third-order valence-electron chi connectivity index (χ3n) is 7.90. The van der Waals surface area contributed by atoms with Crippen LogP contribution >= 0.6 is 0 Å². The lowest BCUT2D eigenvalue weighted by Gasteiger charge is -2.32. The van der Waals surface area contributed by atoms with Crippen LogP contribution in [0.25, 0.3) is 11.1 Å². The van der Waals surface area contributed by atoms with Crippen molar-refractivity contribution >= 4 is 5.97 Å². The smallest absolute Gasteiger partial charge is 0.306 e. The summed E-state index contributed by atoms with van der Waals surface area (Å²) in [5.74, 6) is -0.487. The Kier molecular flexibility index (Phi) is 13.2. The maximum Gasteiger partial charge on any atom is 0.306 e. The summed E-state index contributed by atoms with van der Waals surface area (Å²) in [6.45, 7) is 15.1. The van der Waals surface area contributed by atoms with Gasteiger partial charge in [0.2, 0.25) is 5.88 Å². The highest BCUT2D eigenvalue weighted by Crippen LogP contribution is 2.38. The van der Waals surface area contributed by atoms with Gasteiger partial charge in [0, 0.05) is 30.3 Å². The number of aromatic nitrogens is 1. The van der Waals surface area contributed by atoms with Crippen LogP contribution in [0.5, 0.6) is 11.6 Å². The lowest BCUT2D eigenvalue weighted by atomic mass is 9.91. The van der Waals surface area contributed by atoms with E-state index >= 15 is 4.39 Å². The maximum absolute atomic E-state index is 15.0. The molecule has 1 aliphatic heterocycles. The molecule has 44 heavy (non-hydrogen) atoms. The van der Waals surface area contributed by atoms with Crippen LogP contribution in [0.15, 0.2) is 48.7 Å². The van der Waals surface area contributed by atoms with Crippen LogP contribution < -0.4 is 9.47 Å². The molecule has 1 aromatic heterocycles. The highest BCUT2D eigenvalue weighted by Gasteiger charge is 2.25. The van der Waals surface area contributed by atoms with E-state index in [4.69, 9.17) is 9.47 Å². The van der Waals surface area contributed by atoms with E-state index in [-0.39, 0.29) is 6.10 Å². The first kappa shape index (κ1) is 35.0. The van der Waals surface area contributed by atoms with Crippen molar-refractivity contribution in [3.05, 3.63) is 76.7 Å². The first-order chi connectivity index (χ1) is 21.1. The lowest BCUT2D eigenvalue weighted by Crippen LogP contribution is -2.36. The van der Waals surface area contributed by atoms with E-state index in [1.807, 2.05) is 44.2 Å². The second kappa shape index (κ2) is 16.6. The topological polar surface area (TPSA) is 71.9 Å². The second-order valence-electron chi connectivity index (χ2n) is 12.1. The molecule has 1 N–H and O–H groups in total. The molecule has 0 radical (unpaired) electrons. The Labute approximate surface area is 263 Å². The molecule has 2 atom stereocenters. The predicted octanol–water partition coefficient (Wildman–Crippen LogP) is 9.04. The summed E-state index contributed by atoms with van der Waals surface area (Å²) in [5.41, 5.74) is 5.41. The zero-order valence-corrected chi connectivity index (χ0v) is 27.8. The first-order valence-corrected chi connectivity index (χ1v) is 16.2. The summed E-state index contributed by atoms with van der Waals surface area (Å²) in [6.07, 6.45) is 7.70. The predicted molar refractivity (Wildman–Crippen MR) is 176 cm³/mol. The molecular weight excluding hydrogens is 555 g/mol. The summed E-state index contributed by atoms with van der Waals surface area (Å²) < 4.78 is 26.8. The molecule has 5 rings (SSSR count). The van der Waals surface area contributed by atoms with Crippen LogP contribution in [-0.4, -0.2) is 40.2 Å². The minimum Gasteiger partial charge on any atom is -0.485 e. The average molecular weight is 607 g/mol. The number of nitrogens with zero attached hydrogens (tertiary/aromatic N) is 2. The van der Waals surface area contributed by atoms with E-state index in [0.717, 1.165) is 46.4 Å². The monoisotopic (exact) mass is 606 g/mol. The number of methoxy groups -OCH3 is 1. The molecule has 1 unspecified atom stereocenters. The van der Waals surface area contributed by atoms with Crippen molar-refractivity contribution in [1.82, 2.24) is 9.88 Å². The molecular formula is C37H51FN2O4. The van der Waals surface area contributed by atoms with Gasteiger partial charge in [0.1, 0.15) is 17.7 Å². The van der Waals surface area contributed by atoms with Gasteiger partial charge in [0.15, 0.2) is 0 Å². The van der Waals surface area contributed by atoms with Gasteiger partial charge in [0.25, 0.3) is 0 Å². The minimum absolute atomic E-state index is 0.152. The van der Waals surface area contributed by atoms with E-state index in [9.17, 15) is 9.90 Å². The largest absolute Gasteiger partial charge is 0.485 e. The molecule has 2 heterocycles. The van der Waals surface area contributed by atoms with Crippen molar-refractivity contribution in [2.24, 2.45) is 5.92 Å². The van der Waals surface area contributed by atoms with E-state index in [1.165, 1.54) is 32.6 Å². The number of hydrogen-bond donors (Lipinski definition) is 1. The van der Waals surface area contributed by atoms with Gasteiger partial charge >= 0.3 is 5.97 Å². The Morgan fingerprint density at radius 3 is 2.30 bits per heavy atom. The average Bonchev–Trinajstić information content (AvgIpc) is 3.90. The number of hydrogen-bond acceptors (Lipinski definition) is 5. The van der Waals surface area contributed by atoms with E-state index in [2.05, 4.69) is 43.6 Å². The van der Waals surface area contributed by atoms with Gasteiger partial charge in [-0.25, -0.2) is 9.37 Å². The molecule has 2 aromatic carbocycles. The molecule has 3 aromatic rings. The summed E-state index contributed by atoms with van der Waals surface area (Å²) in [7, 11) is 1.53. The number of fused-ring (bicyclic) bond motifs is 1. The quantitative estimate of drug-likeness (QED) is 0.248. The first-order valence-electron chi connectivity index (χ1n) is 16.2. The molecule has 0 spiro atoms. The van der Waals surface area contributed by atoms with Crippen molar-refractivity contribution in [1.29, 1.82) is 0 Å². The summed E-state index contributed by atoms with van der Waals surface area (Å²) in [4.78, 5) is 17.7. The van der Waals surface area contributed by atoms with Crippen molar-refractivity contribution in [2.75, 3.05) is 7.11 Å². The Morgan fingerprint density at radius 2 is 1.70 bits per heavy atom. The molecule has 0 bridgehead atoms. The maximum atomic E-state index is 15.0. The number of carbonyl (C=O) groups is 1. The van der Waals surface area contributed by atoms with E-state index in [0.29, 0.717) is 36.5 Å². The minimum atomic E-state index is -0.806. The third kappa shape index (κ3) is 9.52. The van der Waals surface area contributed by atoms with Gasteiger partial charge in [-0.2, -0.15) is 0 Å². The van der Waals surface area contributed by atoms with Crippen molar-refractivity contribution in [3.63, 3.8) is 0 Å². The number of rotatable bonds is 10. The SMILES string of the molecule is C1CC1.CC.COc1cc(-c2ccc([C@@H]3CCc4ccc(CC(C)C(=O)O)cc4O3)cc2CN(C(C)C)C(C)C)c(F)cn1. The summed E-state index contributed by atoms with van der Waals surface area (Å²) in [5, 5.41) is 9.31. The van der Waals surface area contributed by atoms with Crippen LogP contribution in [0.2, 0.25) is 0 Å². The zero-order chi connectivity index (χ0) is 32.4. The fraction of sp³-hybridized carbons (Fsp3) is 0.514. The number of halogens is 1. The number of pyridine rings is 1. The molecule has 0 amide bonds. The number of benzene rings is 2. The van der Waals surface area contributed by atoms with Crippen molar-refractivity contribution in [3.8, 4) is 22.8 Å².